The maximum atomic E-state index is 14.6. The molecular formula is C24H31FN4O6S2. The molecule has 1 aromatic carbocycles. The van der Waals surface area contributed by atoms with E-state index in [1.807, 2.05) is 13.8 Å². The molecular weight excluding hydrogens is 523 g/mol. The van der Waals surface area contributed by atoms with Gasteiger partial charge in [-0.1, -0.05) is 0 Å². The van der Waals surface area contributed by atoms with Crippen molar-refractivity contribution in [1.82, 2.24) is 14.3 Å². The van der Waals surface area contributed by atoms with Crippen LogP contribution in [0.1, 0.15) is 32.3 Å². The topological polar surface area (TPSA) is 128 Å². The largest absolute Gasteiger partial charge is 0.473 e. The van der Waals surface area contributed by atoms with Gasteiger partial charge in [-0.2, -0.15) is 0 Å². The Bertz CT molecular complexity index is 1400. The van der Waals surface area contributed by atoms with E-state index in [0.717, 1.165) is 12.3 Å². The minimum atomic E-state index is -3.54. The lowest BCUT2D eigenvalue weighted by atomic mass is 9.78. The van der Waals surface area contributed by atoms with Crippen molar-refractivity contribution in [1.29, 1.82) is 0 Å². The molecule has 202 valence electrons. The first-order chi connectivity index (χ1) is 17.4. The highest BCUT2D eigenvalue weighted by Gasteiger charge is 2.53. The van der Waals surface area contributed by atoms with E-state index < -0.39 is 25.7 Å². The molecule has 1 saturated carbocycles. The molecule has 2 saturated heterocycles. The molecule has 4 unspecified atom stereocenters. The minimum absolute atomic E-state index is 0.0613. The lowest BCUT2D eigenvalue weighted by molar-refractivity contribution is -0.174. The third kappa shape index (κ3) is 5.06. The maximum absolute atomic E-state index is 14.6. The van der Waals surface area contributed by atoms with Crippen molar-refractivity contribution in [2.24, 2.45) is 11.8 Å². The summed E-state index contributed by atoms with van der Waals surface area (Å²) in [6, 6.07) is 3.62. The Morgan fingerprint density at radius 2 is 1.73 bits per heavy atom. The molecule has 0 radical (unpaired) electrons. The SMILES string of the molecule is Cc1c(Nc2ccc(S(C)(=O)=O)cc2F)ncnc1OC1C2CN(S(=O)(=O)C3CC3)CC1C(C)OC2C. The van der Waals surface area contributed by atoms with Gasteiger partial charge in [0.1, 0.15) is 24.1 Å². The Morgan fingerprint density at radius 3 is 2.30 bits per heavy atom. The molecule has 2 aliphatic heterocycles. The van der Waals surface area contributed by atoms with E-state index in [1.165, 1.54) is 18.5 Å². The highest BCUT2D eigenvalue weighted by atomic mass is 32.2. The van der Waals surface area contributed by atoms with E-state index in [1.54, 1.807) is 11.2 Å². The average Bonchev–Trinajstić information content (AvgIpc) is 3.67. The molecule has 4 atom stereocenters. The van der Waals surface area contributed by atoms with Crippen LogP contribution in [0.5, 0.6) is 5.88 Å². The summed E-state index contributed by atoms with van der Waals surface area (Å²) in [4.78, 5) is 8.40. The first-order valence-corrected chi connectivity index (χ1v) is 15.6. The van der Waals surface area contributed by atoms with Crippen molar-refractivity contribution in [3.63, 3.8) is 0 Å². The number of hydrogen-bond acceptors (Lipinski definition) is 9. The number of nitrogens with one attached hydrogen (secondary N) is 1. The molecule has 10 nitrogen and oxygen atoms in total. The van der Waals surface area contributed by atoms with Crippen LogP contribution >= 0.6 is 0 Å². The van der Waals surface area contributed by atoms with Gasteiger partial charge in [0.15, 0.2) is 9.84 Å². The summed E-state index contributed by atoms with van der Waals surface area (Å²) in [7, 11) is -6.87. The van der Waals surface area contributed by atoms with Gasteiger partial charge < -0.3 is 14.8 Å². The normalized spacial score (nSPS) is 28.6. The number of sulfonamides is 1. The molecule has 2 aromatic rings. The summed E-state index contributed by atoms with van der Waals surface area (Å²) < 4.78 is 78.2. The van der Waals surface area contributed by atoms with Crippen LogP contribution in [0.3, 0.4) is 0 Å². The van der Waals surface area contributed by atoms with E-state index in [2.05, 4.69) is 15.3 Å². The molecule has 3 fully saturated rings. The monoisotopic (exact) mass is 554 g/mol. The number of aromatic nitrogens is 2. The van der Waals surface area contributed by atoms with Crippen molar-refractivity contribution in [2.75, 3.05) is 24.7 Å². The molecule has 0 amide bonds. The summed E-state index contributed by atoms with van der Waals surface area (Å²) >= 11 is 0. The number of piperidine rings is 1. The molecule has 1 aromatic heterocycles. The van der Waals surface area contributed by atoms with Gasteiger partial charge in [-0.05, 0) is 51.8 Å². The Morgan fingerprint density at radius 1 is 1.08 bits per heavy atom. The zero-order valence-corrected chi connectivity index (χ0v) is 22.7. The summed E-state index contributed by atoms with van der Waals surface area (Å²) in [6.45, 7) is 6.25. The summed E-state index contributed by atoms with van der Waals surface area (Å²) in [6.07, 6.45) is 3.00. The molecule has 2 bridgehead atoms. The standard InChI is InChI=1S/C24H31FN4O6S2/c1-13-23(28-21-8-7-17(9-20(21)25)36(4,30)31)26-12-27-24(13)35-22-18-10-29(37(32,33)16-5-6-16)11-19(22)15(3)34-14(18)2/h7-9,12,14-16,18-19,22H,5-6,10-11H2,1-4H3,(H,26,27,28). The molecule has 5 rings (SSSR count). The first-order valence-electron chi connectivity index (χ1n) is 12.3. The van der Waals surface area contributed by atoms with E-state index in [0.29, 0.717) is 43.2 Å². The van der Waals surface area contributed by atoms with Crippen molar-refractivity contribution in [3.05, 3.63) is 35.9 Å². The van der Waals surface area contributed by atoms with Crippen LogP contribution in [-0.4, -0.2) is 74.0 Å². The minimum Gasteiger partial charge on any atom is -0.473 e. The van der Waals surface area contributed by atoms with Crippen molar-refractivity contribution < 1.29 is 30.7 Å². The van der Waals surface area contributed by atoms with Gasteiger partial charge >= 0.3 is 0 Å². The fourth-order valence-electron chi connectivity index (χ4n) is 5.16. The Kier molecular flexibility index (Phi) is 6.70. The van der Waals surface area contributed by atoms with Gasteiger partial charge in [-0.25, -0.2) is 35.5 Å². The average molecular weight is 555 g/mol. The number of ether oxygens (including phenoxy) is 2. The Balaban J connectivity index is 1.39. The lowest BCUT2D eigenvalue weighted by Crippen LogP contribution is -2.63. The van der Waals surface area contributed by atoms with Gasteiger partial charge in [0.2, 0.25) is 15.9 Å². The Hall–Kier alpha value is -2.35. The predicted molar refractivity (Wildman–Crippen MR) is 134 cm³/mol. The van der Waals surface area contributed by atoms with Crippen LogP contribution in [-0.2, 0) is 24.6 Å². The van der Waals surface area contributed by atoms with E-state index in [4.69, 9.17) is 9.47 Å². The number of sulfone groups is 1. The highest BCUT2D eigenvalue weighted by Crippen LogP contribution is 2.42. The van der Waals surface area contributed by atoms with Gasteiger partial charge in [-0.3, -0.25) is 0 Å². The number of nitrogens with zero attached hydrogens (tertiary/aromatic N) is 3. The van der Waals surface area contributed by atoms with Gasteiger partial charge in [0.05, 0.1) is 33.6 Å². The lowest BCUT2D eigenvalue weighted by Gasteiger charge is -2.51. The Labute approximate surface area is 216 Å². The van der Waals surface area contributed by atoms with E-state index in [9.17, 15) is 21.2 Å². The number of hydrogen-bond donors (Lipinski definition) is 1. The molecule has 37 heavy (non-hydrogen) atoms. The van der Waals surface area contributed by atoms with Crippen LogP contribution in [0, 0.1) is 24.6 Å². The van der Waals surface area contributed by atoms with Crippen molar-refractivity contribution >= 4 is 31.4 Å². The fourth-order valence-corrected chi connectivity index (χ4v) is 7.71. The van der Waals surface area contributed by atoms with E-state index in [-0.39, 0.29) is 46.0 Å². The quantitative estimate of drug-likeness (QED) is 0.549. The van der Waals surface area contributed by atoms with Crippen molar-refractivity contribution in [2.45, 2.75) is 62.1 Å². The highest BCUT2D eigenvalue weighted by molar-refractivity contribution is 7.90. The van der Waals surface area contributed by atoms with Gasteiger partial charge in [-0.15, -0.1) is 0 Å². The predicted octanol–water partition coefficient (Wildman–Crippen LogP) is 2.67. The summed E-state index contributed by atoms with van der Waals surface area (Å²) in [5.74, 6) is -0.481. The van der Waals surface area contributed by atoms with Crippen LogP contribution in [0.25, 0.3) is 0 Å². The first kappa shape index (κ1) is 26.3. The number of anilines is 2. The van der Waals surface area contributed by atoms with Crippen LogP contribution in [0.15, 0.2) is 29.4 Å². The molecule has 3 aliphatic rings. The second-order valence-electron chi connectivity index (χ2n) is 10.2. The molecule has 0 spiro atoms. The van der Waals surface area contributed by atoms with Crippen molar-refractivity contribution in [3.8, 4) is 5.88 Å². The zero-order valence-electron chi connectivity index (χ0n) is 21.1. The number of benzene rings is 1. The number of rotatable bonds is 7. The third-order valence-electron chi connectivity index (χ3n) is 7.52. The number of fused-ring (bicyclic) bond motifs is 2. The maximum Gasteiger partial charge on any atom is 0.221 e. The fraction of sp³-hybridized carbons (Fsp3) is 0.583. The van der Waals surface area contributed by atoms with Crippen LogP contribution in [0.2, 0.25) is 0 Å². The second-order valence-corrected chi connectivity index (χ2v) is 14.4. The summed E-state index contributed by atoms with van der Waals surface area (Å²) in [5.41, 5.74) is 0.604. The van der Waals surface area contributed by atoms with Crippen LogP contribution in [0.4, 0.5) is 15.9 Å². The van der Waals surface area contributed by atoms with Gasteiger partial charge in [0.25, 0.3) is 0 Å². The molecule has 13 heteroatoms. The smallest absolute Gasteiger partial charge is 0.221 e. The van der Waals surface area contributed by atoms with Gasteiger partial charge in [0, 0.05) is 31.2 Å². The second kappa shape index (κ2) is 9.44. The molecule has 1 N–H and O–H groups in total. The van der Waals surface area contributed by atoms with E-state index >= 15 is 0 Å². The molecule has 3 heterocycles. The molecule has 1 aliphatic carbocycles. The van der Waals surface area contributed by atoms with Crippen LogP contribution < -0.4 is 10.1 Å². The number of halogens is 1. The summed E-state index contributed by atoms with van der Waals surface area (Å²) in [5, 5.41) is 2.62. The third-order valence-corrected chi connectivity index (χ3v) is 11.0. The zero-order chi connectivity index (χ0) is 26.7.